The molecule has 2 amide bonds. The molecule has 2 aromatic heterocycles. The van der Waals surface area contributed by atoms with E-state index in [1.54, 1.807) is 11.3 Å². The molecule has 0 saturated heterocycles. The minimum atomic E-state index is -0.584. The van der Waals surface area contributed by atoms with Gasteiger partial charge in [0.05, 0.1) is 24.2 Å². The van der Waals surface area contributed by atoms with Crippen LogP contribution >= 0.6 is 22.9 Å². The van der Waals surface area contributed by atoms with Crippen LogP contribution in [0, 0.1) is 38.4 Å². The van der Waals surface area contributed by atoms with Crippen molar-refractivity contribution in [3.8, 4) is 16.8 Å². The number of carbonyl (C=O) groups is 2. The molecular weight excluding hydrogens is 601 g/mol. The Morgan fingerprint density at radius 3 is 2.64 bits per heavy atom. The Hall–Kier alpha value is -4.37. The molecule has 0 aliphatic carbocycles. The van der Waals surface area contributed by atoms with E-state index in [1.165, 1.54) is 18.2 Å². The van der Waals surface area contributed by atoms with Crippen LogP contribution in [0.2, 0.25) is 5.02 Å². The second kappa shape index (κ2) is 13.5. The number of aromatic nitrogens is 3. The van der Waals surface area contributed by atoms with E-state index in [-0.39, 0.29) is 36.8 Å². The van der Waals surface area contributed by atoms with Gasteiger partial charge in [-0.2, -0.15) is 0 Å². The maximum absolute atomic E-state index is 13.9. The Bertz CT molecular complexity index is 1820. The number of halogens is 2. The summed E-state index contributed by atoms with van der Waals surface area (Å²) in [5, 5.41) is 16.0. The molecule has 0 spiro atoms. The normalized spacial score (nSPS) is 13.6. The average molecular weight is 632 g/mol. The molecule has 3 heterocycles. The lowest BCUT2D eigenvalue weighted by Crippen LogP contribution is -2.27. The van der Waals surface area contributed by atoms with Gasteiger partial charge in [0.25, 0.3) is 0 Å². The Morgan fingerprint density at radius 2 is 1.89 bits per heavy atom. The van der Waals surface area contributed by atoms with Crippen LogP contribution < -0.4 is 16.4 Å². The summed E-state index contributed by atoms with van der Waals surface area (Å²) >= 11 is 7.83. The number of anilines is 1. The summed E-state index contributed by atoms with van der Waals surface area (Å²) in [5.74, 6) is 5.59. The third-order valence-corrected chi connectivity index (χ3v) is 8.66. The number of rotatable bonds is 8. The minimum Gasteiger partial charge on any atom is -0.356 e. The molecule has 2 aromatic carbocycles. The Balaban J connectivity index is 1.27. The van der Waals surface area contributed by atoms with Crippen molar-refractivity contribution in [3.63, 3.8) is 0 Å². The number of thiophene rings is 1. The zero-order chi connectivity index (χ0) is 31.4. The summed E-state index contributed by atoms with van der Waals surface area (Å²) in [6.45, 7) is 6.44. The third-order valence-electron chi connectivity index (χ3n) is 7.21. The van der Waals surface area contributed by atoms with Crippen LogP contribution in [0.5, 0.6) is 0 Å². The highest BCUT2D eigenvalue weighted by molar-refractivity contribution is 7.15. The number of hydrogen-bond donors (Lipinski definition) is 3. The van der Waals surface area contributed by atoms with E-state index in [2.05, 4.69) is 46.5 Å². The van der Waals surface area contributed by atoms with Crippen LogP contribution in [0.4, 0.5) is 10.1 Å². The van der Waals surface area contributed by atoms with Crippen molar-refractivity contribution in [2.75, 3.05) is 18.4 Å². The van der Waals surface area contributed by atoms with Crippen molar-refractivity contribution in [1.29, 1.82) is 0 Å². The van der Waals surface area contributed by atoms with E-state index >= 15 is 0 Å². The van der Waals surface area contributed by atoms with Gasteiger partial charge in [-0.05, 0) is 63.1 Å². The Labute approximate surface area is 263 Å². The standard InChI is InChI=1S/C32H31ClFN7O2S/c1-18-19(2)44-32-29(18)30(21-8-10-23(33)11-9-21)38-26(31-40-39-20(3)41(31)32)17-28(43)36-15-5-7-27(42)37-24-12-13-25(34)22(16-24)6-4-14-35/h8-13,16,26H,5,7,14-15,17,35H2,1-3H3,(H,36,43)(H,37,42)/t26-/m0/s1. The summed E-state index contributed by atoms with van der Waals surface area (Å²) < 4.78 is 15.9. The van der Waals surface area contributed by atoms with Gasteiger partial charge in [-0.25, -0.2) is 4.39 Å². The van der Waals surface area contributed by atoms with Crippen LogP contribution in [0.1, 0.15) is 64.1 Å². The molecule has 5 rings (SSSR count). The number of nitrogens with one attached hydrogen (secondary N) is 2. The molecule has 0 radical (unpaired) electrons. The van der Waals surface area contributed by atoms with Crippen molar-refractivity contribution < 1.29 is 14.0 Å². The monoisotopic (exact) mass is 631 g/mol. The summed E-state index contributed by atoms with van der Waals surface area (Å²) in [5.41, 5.74) is 9.73. The van der Waals surface area contributed by atoms with Crippen molar-refractivity contribution in [2.45, 2.75) is 46.1 Å². The lowest BCUT2D eigenvalue weighted by Gasteiger charge is -2.13. The molecule has 1 aliphatic rings. The van der Waals surface area contributed by atoms with Crippen LogP contribution in [0.15, 0.2) is 47.5 Å². The van der Waals surface area contributed by atoms with Crippen LogP contribution in [0.3, 0.4) is 0 Å². The molecule has 44 heavy (non-hydrogen) atoms. The smallest absolute Gasteiger partial charge is 0.224 e. The number of benzene rings is 2. The first-order chi connectivity index (χ1) is 21.2. The molecule has 1 aliphatic heterocycles. The number of fused-ring (bicyclic) bond motifs is 3. The number of nitrogens with zero attached hydrogens (tertiary/aromatic N) is 4. The third kappa shape index (κ3) is 6.73. The molecular formula is C32H31ClFN7O2S. The van der Waals surface area contributed by atoms with E-state index in [0.717, 1.165) is 32.3 Å². The highest BCUT2D eigenvalue weighted by Crippen LogP contribution is 2.39. The van der Waals surface area contributed by atoms with Gasteiger partial charge in [0.2, 0.25) is 11.8 Å². The fraction of sp³-hybridized carbons (Fsp3) is 0.281. The molecule has 226 valence electrons. The molecule has 0 unspecified atom stereocenters. The molecule has 1 atom stereocenters. The van der Waals surface area contributed by atoms with E-state index in [4.69, 9.17) is 22.3 Å². The summed E-state index contributed by atoms with van der Waals surface area (Å²) in [7, 11) is 0. The SMILES string of the molecule is Cc1sc2c(c1C)C(c1ccc(Cl)cc1)=N[C@@H](CC(=O)NCCCC(=O)Nc1ccc(F)c(C#CCN)c1)c1nnc(C)n1-2. The highest BCUT2D eigenvalue weighted by atomic mass is 35.5. The molecule has 0 saturated carbocycles. The largest absolute Gasteiger partial charge is 0.356 e. The highest BCUT2D eigenvalue weighted by Gasteiger charge is 2.32. The van der Waals surface area contributed by atoms with Crippen molar-refractivity contribution in [2.24, 2.45) is 10.7 Å². The second-order valence-corrected chi connectivity index (χ2v) is 12.0. The van der Waals surface area contributed by atoms with Crippen LogP contribution in [0.25, 0.3) is 5.00 Å². The van der Waals surface area contributed by atoms with Gasteiger partial charge in [0.1, 0.15) is 22.7 Å². The lowest BCUT2D eigenvalue weighted by molar-refractivity contribution is -0.122. The molecule has 4 N–H and O–H groups in total. The van der Waals surface area contributed by atoms with Crippen LogP contribution in [-0.4, -0.2) is 45.4 Å². The van der Waals surface area contributed by atoms with Gasteiger partial charge >= 0.3 is 0 Å². The number of carbonyl (C=O) groups excluding carboxylic acids is 2. The van der Waals surface area contributed by atoms with E-state index < -0.39 is 11.9 Å². The first kappa shape index (κ1) is 31.1. The fourth-order valence-corrected chi connectivity index (χ4v) is 6.27. The summed E-state index contributed by atoms with van der Waals surface area (Å²) in [4.78, 5) is 31.9. The van der Waals surface area contributed by atoms with Gasteiger partial charge < -0.3 is 16.4 Å². The van der Waals surface area contributed by atoms with Crippen molar-refractivity contribution >= 4 is 46.2 Å². The predicted octanol–water partition coefficient (Wildman–Crippen LogP) is 5.17. The molecule has 4 aromatic rings. The summed E-state index contributed by atoms with van der Waals surface area (Å²) in [6, 6.07) is 11.1. The van der Waals surface area contributed by atoms with Gasteiger partial charge in [-0.3, -0.25) is 19.1 Å². The maximum Gasteiger partial charge on any atom is 0.224 e. The lowest BCUT2D eigenvalue weighted by atomic mass is 9.99. The number of amides is 2. The maximum atomic E-state index is 13.9. The quantitative estimate of drug-likeness (QED) is 0.183. The predicted molar refractivity (Wildman–Crippen MR) is 171 cm³/mol. The first-order valence-corrected chi connectivity index (χ1v) is 15.3. The van der Waals surface area contributed by atoms with Gasteiger partial charge in [-0.15, -0.1) is 21.5 Å². The van der Waals surface area contributed by atoms with E-state index in [1.807, 2.05) is 35.8 Å². The molecule has 9 nitrogen and oxygen atoms in total. The van der Waals surface area contributed by atoms with Crippen molar-refractivity contribution in [3.05, 3.63) is 92.1 Å². The van der Waals surface area contributed by atoms with Crippen LogP contribution in [-0.2, 0) is 9.59 Å². The fourth-order valence-electron chi connectivity index (χ4n) is 4.93. The van der Waals surface area contributed by atoms with Gasteiger partial charge in [-0.1, -0.05) is 35.6 Å². The Kier molecular flexibility index (Phi) is 9.54. The van der Waals surface area contributed by atoms with E-state index in [0.29, 0.717) is 35.3 Å². The molecule has 0 fully saturated rings. The first-order valence-electron chi connectivity index (χ1n) is 14.1. The topological polar surface area (TPSA) is 127 Å². The number of aliphatic imine (C=N–C) groups is 1. The number of hydrogen-bond acceptors (Lipinski definition) is 7. The van der Waals surface area contributed by atoms with Gasteiger partial charge in [0.15, 0.2) is 5.82 Å². The molecule has 12 heteroatoms. The zero-order valence-electron chi connectivity index (χ0n) is 24.5. The number of nitrogens with two attached hydrogens (primary N) is 1. The number of aryl methyl sites for hydroxylation is 2. The second-order valence-electron chi connectivity index (χ2n) is 10.3. The van der Waals surface area contributed by atoms with Crippen molar-refractivity contribution in [1.82, 2.24) is 20.1 Å². The average Bonchev–Trinajstić information content (AvgIpc) is 3.47. The summed E-state index contributed by atoms with van der Waals surface area (Å²) in [6.07, 6.45) is 0.625. The Morgan fingerprint density at radius 1 is 1.11 bits per heavy atom. The minimum absolute atomic E-state index is 0.0522. The zero-order valence-corrected chi connectivity index (χ0v) is 26.1. The van der Waals surface area contributed by atoms with E-state index in [9.17, 15) is 14.0 Å². The molecule has 0 bridgehead atoms. The van der Waals surface area contributed by atoms with Gasteiger partial charge in [0, 0.05) is 39.7 Å².